The number of benzene rings is 1. The molecule has 0 aliphatic rings. The Morgan fingerprint density at radius 3 is 2.81 bits per heavy atom. The lowest BCUT2D eigenvalue weighted by Crippen LogP contribution is -1.98. The zero-order chi connectivity index (χ0) is 11.7. The summed E-state index contributed by atoms with van der Waals surface area (Å²) < 4.78 is 28.1. The molecule has 0 spiro atoms. The van der Waals surface area contributed by atoms with Crippen LogP contribution in [0.3, 0.4) is 0 Å². The molecule has 1 aromatic carbocycles. The van der Waals surface area contributed by atoms with Gasteiger partial charge in [0.05, 0.1) is 5.69 Å². The summed E-state index contributed by atoms with van der Waals surface area (Å²) >= 11 is 0. The molecule has 0 atom stereocenters. The Labute approximate surface area is 91.5 Å². The standard InChI is InChI=1S/C11H11F2N3/c1-16-6-7(5-14)11(15-16)8-3-2-4-9(12)10(8)13/h2-4,6H,5,14H2,1H3. The van der Waals surface area contributed by atoms with Crippen LogP contribution in [0.1, 0.15) is 5.56 Å². The van der Waals surface area contributed by atoms with Crippen LogP contribution in [-0.2, 0) is 13.6 Å². The van der Waals surface area contributed by atoms with E-state index in [1.807, 2.05) is 0 Å². The molecule has 2 N–H and O–H groups in total. The smallest absolute Gasteiger partial charge is 0.168 e. The van der Waals surface area contributed by atoms with Crippen LogP contribution in [0.4, 0.5) is 8.78 Å². The average molecular weight is 223 g/mol. The number of nitrogens with zero attached hydrogens (tertiary/aromatic N) is 2. The summed E-state index contributed by atoms with van der Waals surface area (Å²) in [4.78, 5) is 0. The SMILES string of the molecule is Cn1cc(CN)c(-c2cccc(F)c2F)n1. The van der Waals surface area contributed by atoms with Crippen molar-refractivity contribution < 1.29 is 8.78 Å². The molecule has 5 heteroatoms. The highest BCUT2D eigenvalue weighted by atomic mass is 19.2. The molecule has 1 aromatic heterocycles. The number of hydrogen-bond donors (Lipinski definition) is 1. The molecule has 0 unspecified atom stereocenters. The molecule has 0 radical (unpaired) electrons. The molecule has 0 aliphatic carbocycles. The first-order valence-corrected chi connectivity index (χ1v) is 4.80. The maximum absolute atomic E-state index is 13.5. The molecule has 2 aromatic rings. The molecule has 0 saturated heterocycles. The minimum Gasteiger partial charge on any atom is -0.326 e. The summed E-state index contributed by atoms with van der Waals surface area (Å²) in [5.74, 6) is -1.78. The van der Waals surface area contributed by atoms with E-state index in [0.29, 0.717) is 11.3 Å². The van der Waals surface area contributed by atoms with Crippen molar-refractivity contribution in [3.63, 3.8) is 0 Å². The number of halogens is 2. The molecular weight excluding hydrogens is 212 g/mol. The lowest BCUT2D eigenvalue weighted by molar-refractivity contribution is 0.510. The molecule has 0 saturated carbocycles. The summed E-state index contributed by atoms with van der Waals surface area (Å²) in [6.45, 7) is 0.235. The number of rotatable bonds is 2. The van der Waals surface area contributed by atoms with E-state index in [1.165, 1.54) is 16.8 Å². The maximum Gasteiger partial charge on any atom is 0.168 e. The van der Waals surface area contributed by atoms with Crippen LogP contribution in [0.5, 0.6) is 0 Å². The Morgan fingerprint density at radius 1 is 1.38 bits per heavy atom. The number of hydrogen-bond acceptors (Lipinski definition) is 2. The van der Waals surface area contributed by atoms with Gasteiger partial charge in [-0.05, 0) is 12.1 Å². The zero-order valence-electron chi connectivity index (χ0n) is 8.74. The van der Waals surface area contributed by atoms with Gasteiger partial charge in [-0.1, -0.05) is 6.07 Å². The van der Waals surface area contributed by atoms with E-state index >= 15 is 0 Å². The number of nitrogens with two attached hydrogens (primary N) is 1. The van der Waals surface area contributed by atoms with E-state index in [4.69, 9.17) is 5.73 Å². The third-order valence-electron chi connectivity index (χ3n) is 2.33. The molecule has 3 nitrogen and oxygen atoms in total. The summed E-state index contributed by atoms with van der Waals surface area (Å²) in [6, 6.07) is 4.01. The first-order chi connectivity index (χ1) is 7.63. The highest BCUT2D eigenvalue weighted by Gasteiger charge is 2.15. The molecule has 0 bridgehead atoms. The van der Waals surface area contributed by atoms with E-state index in [0.717, 1.165) is 6.07 Å². The molecule has 0 amide bonds. The summed E-state index contributed by atoms with van der Waals surface area (Å²) in [5.41, 5.74) is 6.74. The second-order valence-electron chi connectivity index (χ2n) is 3.48. The first kappa shape index (κ1) is 10.8. The van der Waals surface area contributed by atoms with Gasteiger partial charge in [0.15, 0.2) is 11.6 Å². The first-order valence-electron chi connectivity index (χ1n) is 4.80. The summed E-state index contributed by atoms with van der Waals surface area (Å²) in [6.07, 6.45) is 1.69. The van der Waals surface area contributed by atoms with Crippen molar-refractivity contribution in [1.29, 1.82) is 0 Å². The Kier molecular flexibility index (Phi) is 2.70. The molecule has 0 fully saturated rings. The average Bonchev–Trinajstić information content (AvgIpc) is 2.63. The van der Waals surface area contributed by atoms with Gasteiger partial charge in [0, 0.05) is 30.9 Å². The van der Waals surface area contributed by atoms with Crippen LogP contribution in [0.2, 0.25) is 0 Å². The maximum atomic E-state index is 13.5. The van der Waals surface area contributed by atoms with Gasteiger partial charge in [0.1, 0.15) is 0 Å². The predicted octanol–water partition coefficient (Wildman–Crippen LogP) is 1.82. The fourth-order valence-corrected chi connectivity index (χ4v) is 1.60. The minimum absolute atomic E-state index is 0.140. The molecule has 1 heterocycles. The van der Waals surface area contributed by atoms with E-state index in [9.17, 15) is 8.78 Å². The summed E-state index contributed by atoms with van der Waals surface area (Å²) in [7, 11) is 1.71. The van der Waals surface area contributed by atoms with Crippen LogP contribution in [0.25, 0.3) is 11.3 Å². The van der Waals surface area contributed by atoms with Gasteiger partial charge in [0.2, 0.25) is 0 Å². The zero-order valence-corrected chi connectivity index (χ0v) is 8.74. The second-order valence-corrected chi connectivity index (χ2v) is 3.48. The molecule has 0 aliphatic heterocycles. The van der Waals surface area contributed by atoms with Gasteiger partial charge in [-0.15, -0.1) is 0 Å². The Hall–Kier alpha value is -1.75. The molecule has 16 heavy (non-hydrogen) atoms. The third-order valence-corrected chi connectivity index (χ3v) is 2.33. The van der Waals surface area contributed by atoms with Gasteiger partial charge < -0.3 is 5.73 Å². The van der Waals surface area contributed by atoms with Crippen LogP contribution in [-0.4, -0.2) is 9.78 Å². The van der Waals surface area contributed by atoms with Crippen LogP contribution in [0, 0.1) is 11.6 Å². The van der Waals surface area contributed by atoms with Crippen LogP contribution >= 0.6 is 0 Å². The fourth-order valence-electron chi connectivity index (χ4n) is 1.60. The second kappa shape index (κ2) is 4.02. The Morgan fingerprint density at radius 2 is 2.12 bits per heavy atom. The van der Waals surface area contributed by atoms with E-state index in [2.05, 4.69) is 5.10 Å². The Bertz CT molecular complexity index is 520. The van der Waals surface area contributed by atoms with Crippen molar-refractivity contribution in [2.75, 3.05) is 0 Å². The van der Waals surface area contributed by atoms with Gasteiger partial charge in [0.25, 0.3) is 0 Å². The van der Waals surface area contributed by atoms with Crippen LogP contribution in [0.15, 0.2) is 24.4 Å². The fraction of sp³-hybridized carbons (Fsp3) is 0.182. The topological polar surface area (TPSA) is 43.8 Å². The molecule has 84 valence electrons. The Balaban J connectivity index is 2.62. The molecule has 2 rings (SSSR count). The summed E-state index contributed by atoms with van der Waals surface area (Å²) in [5, 5.41) is 4.08. The van der Waals surface area contributed by atoms with Crippen molar-refractivity contribution in [2.24, 2.45) is 12.8 Å². The third kappa shape index (κ3) is 1.69. The number of aromatic nitrogens is 2. The van der Waals surface area contributed by atoms with E-state index < -0.39 is 11.6 Å². The van der Waals surface area contributed by atoms with Crippen LogP contribution < -0.4 is 5.73 Å². The minimum atomic E-state index is -0.893. The van der Waals surface area contributed by atoms with Gasteiger partial charge in [-0.2, -0.15) is 5.10 Å². The lowest BCUT2D eigenvalue weighted by Gasteiger charge is -2.02. The largest absolute Gasteiger partial charge is 0.326 e. The van der Waals surface area contributed by atoms with E-state index in [1.54, 1.807) is 13.2 Å². The van der Waals surface area contributed by atoms with Crippen molar-refractivity contribution in [2.45, 2.75) is 6.54 Å². The quantitative estimate of drug-likeness (QED) is 0.844. The van der Waals surface area contributed by atoms with Gasteiger partial charge >= 0.3 is 0 Å². The monoisotopic (exact) mass is 223 g/mol. The highest BCUT2D eigenvalue weighted by molar-refractivity contribution is 5.63. The van der Waals surface area contributed by atoms with Crippen molar-refractivity contribution in [1.82, 2.24) is 9.78 Å². The predicted molar refractivity (Wildman–Crippen MR) is 56.5 cm³/mol. The molecular formula is C11H11F2N3. The van der Waals surface area contributed by atoms with Crippen molar-refractivity contribution in [3.8, 4) is 11.3 Å². The lowest BCUT2D eigenvalue weighted by atomic mass is 10.1. The normalized spacial score (nSPS) is 10.8. The van der Waals surface area contributed by atoms with Crippen molar-refractivity contribution >= 4 is 0 Å². The van der Waals surface area contributed by atoms with Gasteiger partial charge in [-0.25, -0.2) is 8.78 Å². The van der Waals surface area contributed by atoms with E-state index in [-0.39, 0.29) is 12.1 Å². The van der Waals surface area contributed by atoms with Crippen molar-refractivity contribution in [3.05, 3.63) is 41.6 Å². The number of aryl methyl sites for hydroxylation is 1. The highest BCUT2D eigenvalue weighted by Crippen LogP contribution is 2.25. The van der Waals surface area contributed by atoms with Gasteiger partial charge in [-0.3, -0.25) is 4.68 Å².